The van der Waals surface area contributed by atoms with E-state index in [-0.39, 0.29) is 36.7 Å². The molecule has 57 heavy (non-hydrogen) atoms. The molecule has 2 aliphatic carbocycles. The second kappa shape index (κ2) is 19.4. The molecule has 2 saturated carbocycles. The molecule has 12 nitrogen and oxygen atoms in total. The number of anilines is 1. The van der Waals surface area contributed by atoms with E-state index in [2.05, 4.69) is 39.8 Å². The number of terminal acetylenes is 1. The number of pyridine rings is 1. The molecule has 3 fully saturated rings. The van der Waals surface area contributed by atoms with Crippen molar-refractivity contribution < 1.29 is 28.7 Å². The summed E-state index contributed by atoms with van der Waals surface area (Å²) in [5, 5.41) is 11.7. The Kier molecular flexibility index (Phi) is 14.6. The smallest absolute Gasteiger partial charge is 0.246 e. The number of benzene rings is 2. The van der Waals surface area contributed by atoms with Gasteiger partial charge >= 0.3 is 0 Å². The molecule has 5 atom stereocenters. The van der Waals surface area contributed by atoms with E-state index in [4.69, 9.17) is 26.1 Å². The number of rotatable bonds is 14. The maximum atomic E-state index is 14.5. The van der Waals surface area contributed by atoms with Crippen LogP contribution in [-0.4, -0.2) is 82.5 Å². The molecule has 0 bridgehead atoms. The number of aldehydes is 1. The molecule has 2 aromatic carbocycles. The third kappa shape index (κ3) is 11.1. The number of ether oxygens (including phenoxy) is 2. The summed E-state index contributed by atoms with van der Waals surface area (Å²) in [7, 11) is 1.57. The lowest BCUT2D eigenvalue weighted by atomic mass is 9.85. The molecule has 0 spiro atoms. The highest BCUT2D eigenvalue weighted by Crippen LogP contribution is 2.37. The van der Waals surface area contributed by atoms with Crippen LogP contribution in [0.5, 0.6) is 11.6 Å². The van der Waals surface area contributed by atoms with Crippen molar-refractivity contribution in [2.45, 2.75) is 75.9 Å². The van der Waals surface area contributed by atoms with Crippen LogP contribution in [0.1, 0.15) is 56.8 Å². The van der Waals surface area contributed by atoms with Crippen LogP contribution in [0.25, 0.3) is 22.0 Å². The van der Waals surface area contributed by atoms with Crippen LogP contribution in [-0.2, 0) is 14.4 Å². The highest BCUT2D eigenvalue weighted by molar-refractivity contribution is 7.98. The summed E-state index contributed by atoms with van der Waals surface area (Å²) >= 11 is 9.25. The van der Waals surface area contributed by atoms with E-state index in [0.29, 0.717) is 32.7 Å². The summed E-state index contributed by atoms with van der Waals surface area (Å²) in [4.78, 5) is 59.8. The Labute approximate surface area is 346 Å². The van der Waals surface area contributed by atoms with Gasteiger partial charge in [0, 0.05) is 50.0 Å². The van der Waals surface area contributed by atoms with Gasteiger partial charge in [-0.25, -0.2) is 9.97 Å². The van der Waals surface area contributed by atoms with Crippen LogP contribution in [0.2, 0.25) is 5.02 Å². The molecular weight excluding hydrogens is 784 g/mol. The first-order chi connectivity index (χ1) is 27.4. The van der Waals surface area contributed by atoms with Crippen molar-refractivity contribution in [3.63, 3.8) is 0 Å². The zero-order chi connectivity index (χ0) is 41.3. The van der Waals surface area contributed by atoms with Gasteiger partial charge in [0.25, 0.3) is 0 Å². The van der Waals surface area contributed by atoms with Gasteiger partial charge in [0.1, 0.15) is 30.2 Å². The topological polar surface area (TPSA) is 152 Å². The molecule has 4 aromatic rings. The van der Waals surface area contributed by atoms with Crippen molar-refractivity contribution in [2.24, 2.45) is 11.3 Å². The number of nitrogens with one attached hydrogen (secondary N) is 3. The summed E-state index contributed by atoms with van der Waals surface area (Å²) in [5.74, 6) is 0.708. The number of hydrogen-bond donors (Lipinski definition) is 3. The monoisotopic (exact) mass is 830 g/mol. The van der Waals surface area contributed by atoms with Crippen LogP contribution in [0.15, 0.2) is 66.7 Å². The molecule has 3 heterocycles. The molecule has 15 heteroatoms. The van der Waals surface area contributed by atoms with Crippen molar-refractivity contribution in [1.29, 1.82) is 0 Å². The zero-order valence-corrected chi connectivity index (χ0v) is 34.7. The number of fused-ring (bicyclic) bond motifs is 1. The van der Waals surface area contributed by atoms with E-state index in [1.165, 1.54) is 36.1 Å². The van der Waals surface area contributed by atoms with E-state index in [0.717, 1.165) is 41.0 Å². The Balaban J connectivity index is 0.000000615. The van der Waals surface area contributed by atoms with Gasteiger partial charge in [0.05, 0.1) is 25.5 Å². The normalized spacial score (nSPS) is 20.0. The Morgan fingerprint density at radius 3 is 2.46 bits per heavy atom. The SMILES string of the molecule is C#C.C=C[C@@H]1C[C@H]1NC(=O)[C@@H]1C[C@@H](Oc2ncc(OC)c3ccc(Cl)cc23)CN1C(=O)[C@@H](Nc1nc(-c2ccc(C=O)cc2)cs1)C(C)(C)C.O=CNSC1CC1. The molecule has 3 aliphatic rings. The molecule has 300 valence electrons. The fourth-order valence-corrected chi connectivity index (χ4v) is 7.87. The number of likely N-dealkylation sites (tertiary alicyclic amines) is 1. The summed E-state index contributed by atoms with van der Waals surface area (Å²) in [6, 6.07) is 11.1. The molecule has 3 amide bonds. The van der Waals surface area contributed by atoms with Gasteiger partial charge in [-0.15, -0.1) is 30.8 Å². The van der Waals surface area contributed by atoms with Gasteiger partial charge in [-0.1, -0.05) is 62.7 Å². The predicted octanol–water partition coefficient (Wildman–Crippen LogP) is 7.19. The van der Waals surface area contributed by atoms with E-state index < -0.39 is 23.6 Å². The van der Waals surface area contributed by atoms with Crippen molar-refractivity contribution in [3.8, 4) is 35.7 Å². The van der Waals surface area contributed by atoms with E-state index in [1.54, 1.807) is 42.5 Å². The van der Waals surface area contributed by atoms with Crippen LogP contribution >= 0.6 is 34.9 Å². The van der Waals surface area contributed by atoms with Gasteiger partial charge in [-0.3, -0.25) is 19.2 Å². The zero-order valence-electron chi connectivity index (χ0n) is 32.3. The average molecular weight is 831 g/mol. The lowest BCUT2D eigenvalue weighted by Gasteiger charge is -2.35. The first-order valence-corrected chi connectivity index (χ1v) is 20.5. The molecule has 1 saturated heterocycles. The van der Waals surface area contributed by atoms with Gasteiger partial charge in [0.15, 0.2) is 5.13 Å². The number of carbonyl (C=O) groups excluding carboxylic acids is 4. The Bertz CT molecular complexity index is 2080. The summed E-state index contributed by atoms with van der Waals surface area (Å²) in [6.07, 6.45) is 16.1. The fraction of sp³-hybridized carbons (Fsp3) is 0.381. The number of amides is 3. The maximum absolute atomic E-state index is 14.5. The minimum atomic E-state index is -0.753. The Hall–Kier alpha value is -5.10. The summed E-state index contributed by atoms with van der Waals surface area (Å²) in [6.45, 7) is 9.97. The van der Waals surface area contributed by atoms with Crippen LogP contribution in [0, 0.1) is 24.2 Å². The standard InChI is InChI=1S/C36H38ClN5O5S.C4H7NOS.C2H2/c1-6-21-13-27(21)39-32(44)29-15-24(47-33-26-14-23(37)11-12-25(26)30(46-5)16-38-33)17-42(29)34(45)31(36(2,3)4)41-35-40-28(19-48-35)22-9-7-20(18-43)8-10-22;6-3-5-7-4-1-2-4;1-2/h6-12,14,16,18-19,21,24,27,29,31H,1,13,15,17H2,2-5H3,(H,39,44)(H,40,41);3-4H,1-2H2,(H,5,6);1-2H/t21-,24-,27-,29+,31-;;/m1../s1. The molecule has 0 unspecified atom stereocenters. The first-order valence-electron chi connectivity index (χ1n) is 18.4. The maximum Gasteiger partial charge on any atom is 0.246 e. The molecule has 3 N–H and O–H groups in total. The third-order valence-corrected chi connectivity index (χ3v) is 11.7. The summed E-state index contributed by atoms with van der Waals surface area (Å²) in [5.41, 5.74) is 1.63. The number of carbonyl (C=O) groups is 4. The Morgan fingerprint density at radius 1 is 1.11 bits per heavy atom. The number of halogens is 1. The first kappa shape index (κ1) is 43.0. The minimum Gasteiger partial charge on any atom is -0.494 e. The predicted molar refractivity (Wildman–Crippen MR) is 228 cm³/mol. The molecule has 0 radical (unpaired) electrons. The van der Waals surface area contributed by atoms with Gasteiger partial charge in [0.2, 0.25) is 24.1 Å². The lowest BCUT2D eigenvalue weighted by Crippen LogP contribution is -2.54. The lowest BCUT2D eigenvalue weighted by molar-refractivity contribution is -0.140. The quantitative estimate of drug-likeness (QED) is 0.0516. The van der Waals surface area contributed by atoms with Crippen LogP contribution < -0.4 is 24.8 Å². The van der Waals surface area contributed by atoms with E-state index >= 15 is 0 Å². The second-order valence-corrected chi connectivity index (χ2v) is 17.3. The van der Waals surface area contributed by atoms with Crippen molar-refractivity contribution in [3.05, 3.63) is 77.3 Å². The average Bonchev–Trinajstić information content (AvgIpc) is 4.10. The van der Waals surface area contributed by atoms with Crippen molar-refractivity contribution >= 4 is 75.3 Å². The van der Waals surface area contributed by atoms with Gasteiger partial charge < -0.3 is 29.7 Å². The fourth-order valence-electron chi connectivity index (χ4n) is 6.33. The van der Waals surface area contributed by atoms with Gasteiger partial charge in [-0.05, 0) is 60.7 Å². The van der Waals surface area contributed by atoms with E-state index in [1.807, 2.05) is 50.4 Å². The molecular formula is C42H47ClN6O6S2. The van der Waals surface area contributed by atoms with Crippen molar-refractivity contribution in [1.82, 2.24) is 24.9 Å². The van der Waals surface area contributed by atoms with Crippen LogP contribution in [0.3, 0.4) is 0 Å². The molecule has 7 rings (SSSR count). The van der Waals surface area contributed by atoms with E-state index in [9.17, 15) is 19.2 Å². The molecule has 1 aliphatic heterocycles. The Morgan fingerprint density at radius 2 is 1.84 bits per heavy atom. The van der Waals surface area contributed by atoms with Crippen molar-refractivity contribution in [2.75, 3.05) is 19.0 Å². The number of thiazole rings is 1. The number of nitrogens with zero attached hydrogens (tertiary/aromatic N) is 3. The molecule has 2 aromatic heterocycles. The summed E-state index contributed by atoms with van der Waals surface area (Å²) < 4.78 is 14.5. The largest absolute Gasteiger partial charge is 0.494 e. The second-order valence-electron chi connectivity index (χ2n) is 14.8. The minimum absolute atomic E-state index is 0.00661. The number of methoxy groups -OCH3 is 1. The third-order valence-electron chi connectivity index (χ3n) is 9.63. The number of aromatic nitrogens is 2. The highest BCUT2D eigenvalue weighted by Gasteiger charge is 2.47. The van der Waals surface area contributed by atoms with Gasteiger partial charge in [-0.2, -0.15) is 0 Å². The highest BCUT2D eigenvalue weighted by atomic mass is 35.5. The van der Waals surface area contributed by atoms with Crippen LogP contribution in [0.4, 0.5) is 5.13 Å². The number of hydrogen-bond acceptors (Lipinski definition) is 11.